The maximum absolute atomic E-state index is 4.52. The summed E-state index contributed by atoms with van der Waals surface area (Å²) in [4.78, 5) is 4.47. The molecule has 0 unspecified atom stereocenters. The second-order valence-corrected chi connectivity index (χ2v) is 5.11. The van der Waals surface area contributed by atoms with Gasteiger partial charge in [0.2, 0.25) is 0 Å². The van der Waals surface area contributed by atoms with Crippen LogP contribution in [0.25, 0.3) is 0 Å². The highest BCUT2D eigenvalue weighted by Crippen LogP contribution is 2.40. The molecule has 0 aromatic heterocycles. The first-order chi connectivity index (χ1) is 7.29. The van der Waals surface area contributed by atoms with E-state index < -0.39 is 0 Å². The number of hydrogen-bond donors (Lipinski definition) is 0. The predicted molar refractivity (Wildman–Crippen MR) is 67.6 cm³/mol. The van der Waals surface area contributed by atoms with Crippen LogP contribution in [-0.4, -0.2) is 35.7 Å². The van der Waals surface area contributed by atoms with E-state index in [1.807, 2.05) is 0 Å². The molecule has 0 saturated heterocycles. The highest BCUT2D eigenvalue weighted by atomic mass is 32.2. The van der Waals surface area contributed by atoms with Crippen molar-refractivity contribution in [3.8, 4) is 0 Å². The summed E-state index contributed by atoms with van der Waals surface area (Å²) in [6.07, 6.45) is 9.57. The molecule has 0 amide bonds. The number of amidine groups is 1. The Morgan fingerprint density at radius 1 is 1.53 bits per heavy atom. The Kier molecular flexibility index (Phi) is 3.34. The van der Waals surface area contributed by atoms with Gasteiger partial charge in [-0.3, -0.25) is 4.99 Å². The Hall–Kier alpha value is -0.510. The zero-order valence-corrected chi connectivity index (χ0v) is 10.4. The van der Waals surface area contributed by atoms with Crippen molar-refractivity contribution in [3.63, 3.8) is 0 Å². The van der Waals surface area contributed by atoms with Crippen molar-refractivity contribution in [2.75, 3.05) is 19.3 Å². The lowest BCUT2D eigenvalue weighted by molar-refractivity contribution is 0.351. The van der Waals surface area contributed by atoms with Crippen LogP contribution in [0.15, 0.2) is 10.1 Å². The van der Waals surface area contributed by atoms with Crippen LogP contribution in [0.1, 0.15) is 32.6 Å². The number of hydrazone groups is 1. The SMILES string of the molecule is CCN=C(SC)N1CC2(C=N1)CCCC2. The molecule has 2 aliphatic rings. The molecular formula is C11H19N3S. The summed E-state index contributed by atoms with van der Waals surface area (Å²) in [5.41, 5.74) is 0.379. The van der Waals surface area contributed by atoms with Crippen molar-refractivity contribution < 1.29 is 0 Å². The molecule has 0 aromatic rings. The second kappa shape index (κ2) is 4.56. The Bertz CT molecular complexity index is 280. The van der Waals surface area contributed by atoms with Gasteiger partial charge in [0, 0.05) is 18.2 Å². The number of nitrogens with zero attached hydrogens (tertiary/aromatic N) is 3. The molecule has 0 radical (unpaired) electrons. The van der Waals surface area contributed by atoms with E-state index in [9.17, 15) is 0 Å². The molecule has 1 spiro atoms. The van der Waals surface area contributed by atoms with E-state index in [1.54, 1.807) is 11.8 Å². The van der Waals surface area contributed by atoms with Gasteiger partial charge in [0.15, 0.2) is 5.17 Å². The largest absolute Gasteiger partial charge is 0.261 e. The molecule has 0 atom stereocenters. The maximum atomic E-state index is 4.52. The standard InChI is InChI=1S/C11H19N3S/c1-3-12-10(15-2)14-9-11(8-13-14)6-4-5-7-11/h8H,3-7,9H2,1-2H3. The fraction of sp³-hybridized carbons (Fsp3) is 0.818. The average molecular weight is 225 g/mol. The summed E-state index contributed by atoms with van der Waals surface area (Å²) in [6, 6.07) is 0. The van der Waals surface area contributed by atoms with Gasteiger partial charge >= 0.3 is 0 Å². The van der Waals surface area contributed by atoms with Crippen LogP contribution in [0.5, 0.6) is 0 Å². The first-order valence-corrected chi connectivity index (χ1v) is 6.93. The van der Waals surface area contributed by atoms with E-state index >= 15 is 0 Å². The molecule has 1 aliphatic heterocycles. The fourth-order valence-corrected chi connectivity index (χ4v) is 3.02. The van der Waals surface area contributed by atoms with E-state index in [1.165, 1.54) is 25.7 Å². The summed E-state index contributed by atoms with van der Waals surface area (Å²) in [5.74, 6) is 0. The first-order valence-electron chi connectivity index (χ1n) is 5.71. The summed E-state index contributed by atoms with van der Waals surface area (Å²) >= 11 is 1.70. The highest BCUT2D eigenvalue weighted by Gasteiger charge is 2.38. The molecule has 15 heavy (non-hydrogen) atoms. The Balaban J connectivity index is 2.03. The number of aliphatic imine (C=N–C) groups is 1. The molecule has 84 valence electrons. The summed E-state index contributed by atoms with van der Waals surface area (Å²) in [6.45, 7) is 3.96. The normalized spacial score (nSPS) is 24.4. The van der Waals surface area contributed by atoms with Crippen LogP contribution in [0, 0.1) is 5.41 Å². The summed E-state index contributed by atoms with van der Waals surface area (Å²) in [5, 5.41) is 7.67. The third-order valence-corrected chi connectivity index (χ3v) is 3.94. The van der Waals surface area contributed by atoms with Gasteiger partial charge < -0.3 is 0 Å². The third-order valence-electron chi connectivity index (χ3n) is 3.23. The quantitative estimate of drug-likeness (QED) is 0.507. The van der Waals surface area contributed by atoms with Gasteiger partial charge in [-0.1, -0.05) is 24.6 Å². The summed E-state index contributed by atoms with van der Waals surface area (Å²) < 4.78 is 0. The molecule has 1 fully saturated rings. The van der Waals surface area contributed by atoms with Crippen molar-refractivity contribution in [3.05, 3.63) is 0 Å². The first kappa shape index (κ1) is 11.0. The van der Waals surface area contributed by atoms with Gasteiger partial charge in [-0.15, -0.1) is 0 Å². The minimum atomic E-state index is 0.379. The number of hydrogen-bond acceptors (Lipinski definition) is 3. The Labute approximate surface area is 96.0 Å². The molecule has 1 saturated carbocycles. The fourth-order valence-electron chi connectivity index (χ4n) is 2.44. The maximum Gasteiger partial charge on any atom is 0.179 e. The Morgan fingerprint density at radius 3 is 2.87 bits per heavy atom. The zero-order chi connectivity index (χ0) is 10.7. The highest BCUT2D eigenvalue weighted by molar-refractivity contribution is 8.13. The van der Waals surface area contributed by atoms with Crippen LogP contribution in [-0.2, 0) is 0 Å². The van der Waals surface area contributed by atoms with Crippen LogP contribution >= 0.6 is 11.8 Å². The van der Waals surface area contributed by atoms with Gasteiger partial charge in [0.25, 0.3) is 0 Å². The topological polar surface area (TPSA) is 28.0 Å². The monoisotopic (exact) mass is 225 g/mol. The molecule has 1 aliphatic carbocycles. The van der Waals surface area contributed by atoms with Crippen LogP contribution in [0.4, 0.5) is 0 Å². The van der Waals surface area contributed by atoms with Gasteiger partial charge in [-0.2, -0.15) is 5.10 Å². The molecule has 2 rings (SSSR count). The van der Waals surface area contributed by atoms with E-state index in [2.05, 4.69) is 34.5 Å². The van der Waals surface area contributed by atoms with Crippen LogP contribution in [0.3, 0.4) is 0 Å². The predicted octanol–water partition coefficient (Wildman–Crippen LogP) is 2.59. The lowest BCUT2D eigenvalue weighted by atomic mass is 9.89. The molecule has 0 aromatic carbocycles. The minimum absolute atomic E-state index is 0.379. The van der Waals surface area contributed by atoms with E-state index in [0.29, 0.717) is 5.41 Å². The average Bonchev–Trinajstić information content (AvgIpc) is 2.86. The lowest BCUT2D eigenvalue weighted by Gasteiger charge is -2.22. The van der Waals surface area contributed by atoms with E-state index in [4.69, 9.17) is 0 Å². The summed E-state index contributed by atoms with van der Waals surface area (Å²) in [7, 11) is 0. The third kappa shape index (κ3) is 2.19. The van der Waals surface area contributed by atoms with Gasteiger partial charge in [0.05, 0.1) is 6.54 Å². The van der Waals surface area contributed by atoms with Crippen molar-refractivity contribution in [1.82, 2.24) is 5.01 Å². The van der Waals surface area contributed by atoms with Crippen molar-refractivity contribution in [2.24, 2.45) is 15.5 Å². The van der Waals surface area contributed by atoms with Gasteiger partial charge in [0.1, 0.15) is 0 Å². The second-order valence-electron chi connectivity index (χ2n) is 4.33. The smallest absolute Gasteiger partial charge is 0.179 e. The number of thioether (sulfide) groups is 1. The molecule has 4 heteroatoms. The number of rotatable bonds is 1. The zero-order valence-electron chi connectivity index (χ0n) is 9.57. The molecule has 1 heterocycles. The minimum Gasteiger partial charge on any atom is -0.261 e. The van der Waals surface area contributed by atoms with E-state index in [0.717, 1.165) is 18.3 Å². The van der Waals surface area contributed by atoms with Gasteiger partial charge in [-0.25, -0.2) is 5.01 Å². The van der Waals surface area contributed by atoms with Gasteiger partial charge in [-0.05, 0) is 26.0 Å². The molecular weight excluding hydrogens is 206 g/mol. The van der Waals surface area contributed by atoms with Crippen molar-refractivity contribution in [2.45, 2.75) is 32.6 Å². The van der Waals surface area contributed by atoms with Crippen LogP contribution < -0.4 is 0 Å². The molecule has 3 nitrogen and oxygen atoms in total. The van der Waals surface area contributed by atoms with Crippen molar-refractivity contribution in [1.29, 1.82) is 0 Å². The lowest BCUT2D eigenvalue weighted by Crippen LogP contribution is -2.29. The van der Waals surface area contributed by atoms with Crippen LogP contribution in [0.2, 0.25) is 0 Å². The Morgan fingerprint density at radius 2 is 2.27 bits per heavy atom. The molecule has 0 bridgehead atoms. The van der Waals surface area contributed by atoms with Crippen molar-refractivity contribution >= 4 is 23.1 Å². The van der Waals surface area contributed by atoms with E-state index in [-0.39, 0.29) is 0 Å². The molecule has 0 N–H and O–H groups in total.